The predicted molar refractivity (Wildman–Crippen MR) is 114 cm³/mol. The minimum Gasteiger partial charge on any atom is -0.332 e. The van der Waals surface area contributed by atoms with Gasteiger partial charge in [0.15, 0.2) is 0 Å². The molecule has 28 heavy (non-hydrogen) atoms. The summed E-state index contributed by atoms with van der Waals surface area (Å²) in [6, 6.07) is 12.7. The van der Waals surface area contributed by atoms with E-state index in [1.54, 1.807) is 31.3 Å². The standard InChI is InChI=1S/C20H18BrClN4O2/c1-12-9-14(21)5-8-17(12)24-18(27)11-26(2)20(28)16-10-23-25-19(16)13-3-6-15(22)7-4-13/h3-10H,11H2,1-2H3,(H,23,25)(H,24,27). The largest absolute Gasteiger partial charge is 0.332 e. The first-order chi connectivity index (χ1) is 13.3. The van der Waals surface area contributed by atoms with Gasteiger partial charge in [0.1, 0.15) is 0 Å². The van der Waals surface area contributed by atoms with E-state index in [1.807, 2.05) is 25.1 Å². The molecule has 0 fully saturated rings. The smallest absolute Gasteiger partial charge is 0.257 e. The SMILES string of the molecule is Cc1cc(Br)ccc1NC(=O)CN(C)C(=O)c1cn[nH]c1-c1ccc(Cl)cc1. The van der Waals surface area contributed by atoms with E-state index in [0.717, 1.165) is 15.6 Å². The van der Waals surface area contributed by atoms with Crippen molar-refractivity contribution in [3.8, 4) is 11.3 Å². The second-order valence-electron chi connectivity index (χ2n) is 6.33. The van der Waals surface area contributed by atoms with Crippen LogP contribution in [-0.4, -0.2) is 40.5 Å². The Morgan fingerprint density at radius 2 is 1.93 bits per heavy atom. The monoisotopic (exact) mass is 460 g/mol. The van der Waals surface area contributed by atoms with Crippen LogP contribution in [0.15, 0.2) is 53.1 Å². The van der Waals surface area contributed by atoms with Crippen molar-refractivity contribution >= 4 is 45.0 Å². The molecule has 2 aromatic carbocycles. The highest BCUT2D eigenvalue weighted by Crippen LogP contribution is 2.24. The van der Waals surface area contributed by atoms with Crippen molar-refractivity contribution in [2.24, 2.45) is 0 Å². The molecule has 2 N–H and O–H groups in total. The van der Waals surface area contributed by atoms with Gasteiger partial charge in [0.05, 0.1) is 24.0 Å². The van der Waals surface area contributed by atoms with Crippen molar-refractivity contribution in [3.05, 3.63) is 69.3 Å². The molecule has 0 aliphatic rings. The summed E-state index contributed by atoms with van der Waals surface area (Å²) in [6.07, 6.45) is 1.46. The van der Waals surface area contributed by atoms with Gasteiger partial charge in [-0.3, -0.25) is 14.7 Å². The number of amides is 2. The van der Waals surface area contributed by atoms with Gasteiger partial charge in [0.2, 0.25) is 5.91 Å². The van der Waals surface area contributed by atoms with Crippen molar-refractivity contribution in [1.29, 1.82) is 0 Å². The Morgan fingerprint density at radius 3 is 2.61 bits per heavy atom. The number of nitrogens with one attached hydrogen (secondary N) is 2. The van der Waals surface area contributed by atoms with Crippen LogP contribution in [-0.2, 0) is 4.79 Å². The molecule has 3 rings (SSSR count). The highest BCUT2D eigenvalue weighted by atomic mass is 79.9. The molecule has 0 aliphatic carbocycles. The van der Waals surface area contributed by atoms with Crippen molar-refractivity contribution in [2.75, 3.05) is 18.9 Å². The van der Waals surface area contributed by atoms with Gasteiger partial charge in [-0.05, 0) is 42.8 Å². The molecule has 144 valence electrons. The zero-order valence-corrected chi connectivity index (χ0v) is 17.6. The molecule has 2 amide bonds. The average Bonchev–Trinajstić information content (AvgIpc) is 3.13. The summed E-state index contributed by atoms with van der Waals surface area (Å²) in [5.41, 5.74) is 3.39. The molecular formula is C20H18BrClN4O2. The Morgan fingerprint density at radius 1 is 1.21 bits per heavy atom. The van der Waals surface area contributed by atoms with Crippen molar-refractivity contribution in [1.82, 2.24) is 15.1 Å². The summed E-state index contributed by atoms with van der Waals surface area (Å²) < 4.78 is 0.935. The number of benzene rings is 2. The molecule has 0 unspecified atom stereocenters. The lowest BCUT2D eigenvalue weighted by Crippen LogP contribution is -2.35. The van der Waals surface area contributed by atoms with Gasteiger partial charge in [-0.25, -0.2) is 0 Å². The number of carbonyl (C=O) groups excluding carboxylic acids is 2. The van der Waals surface area contributed by atoms with Gasteiger partial charge < -0.3 is 10.2 Å². The number of nitrogens with zero attached hydrogens (tertiary/aromatic N) is 2. The third kappa shape index (κ3) is 4.61. The Labute approximate surface area is 176 Å². The van der Waals surface area contributed by atoms with Crippen LogP contribution in [0.4, 0.5) is 5.69 Å². The maximum absolute atomic E-state index is 12.8. The number of anilines is 1. The summed E-state index contributed by atoms with van der Waals surface area (Å²) in [5, 5.41) is 10.3. The van der Waals surface area contributed by atoms with Crippen LogP contribution in [0.3, 0.4) is 0 Å². The van der Waals surface area contributed by atoms with E-state index in [0.29, 0.717) is 22.0 Å². The van der Waals surface area contributed by atoms with E-state index in [-0.39, 0.29) is 18.4 Å². The van der Waals surface area contributed by atoms with Crippen LogP contribution in [0.25, 0.3) is 11.3 Å². The number of hydrogen-bond donors (Lipinski definition) is 2. The fourth-order valence-corrected chi connectivity index (χ4v) is 3.34. The van der Waals surface area contributed by atoms with Gasteiger partial charge in [-0.2, -0.15) is 5.10 Å². The molecule has 3 aromatic rings. The predicted octanol–water partition coefficient (Wildman–Crippen LogP) is 4.51. The maximum Gasteiger partial charge on any atom is 0.257 e. The molecule has 0 spiro atoms. The molecule has 0 saturated heterocycles. The number of hydrogen-bond acceptors (Lipinski definition) is 3. The van der Waals surface area contributed by atoms with Crippen LogP contribution in [0.2, 0.25) is 5.02 Å². The highest BCUT2D eigenvalue weighted by molar-refractivity contribution is 9.10. The lowest BCUT2D eigenvalue weighted by Gasteiger charge is -2.17. The van der Waals surface area contributed by atoms with E-state index >= 15 is 0 Å². The minimum absolute atomic E-state index is 0.0838. The first-order valence-corrected chi connectivity index (χ1v) is 9.63. The van der Waals surface area contributed by atoms with Crippen molar-refractivity contribution in [3.63, 3.8) is 0 Å². The third-order valence-electron chi connectivity index (χ3n) is 4.19. The molecular weight excluding hydrogens is 444 g/mol. The molecule has 1 aromatic heterocycles. The zero-order valence-electron chi connectivity index (χ0n) is 15.3. The number of aromatic amines is 1. The van der Waals surface area contributed by atoms with E-state index < -0.39 is 0 Å². The lowest BCUT2D eigenvalue weighted by atomic mass is 10.1. The summed E-state index contributed by atoms with van der Waals surface area (Å²) in [6.45, 7) is 1.82. The Kier molecular flexibility index (Phi) is 6.16. The first-order valence-electron chi connectivity index (χ1n) is 8.46. The summed E-state index contributed by atoms with van der Waals surface area (Å²) in [4.78, 5) is 26.5. The Bertz CT molecular complexity index is 1020. The van der Waals surface area contributed by atoms with Gasteiger partial charge in [0.25, 0.3) is 5.91 Å². The fraction of sp³-hybridized carbons (Fsp3) is 0.150. The van der Waals surface area contributed by atoms with Crippen LogP contribution in [0.1, 0.15) is 15.9 Å². The summed E-state index contributed by atoms with van der Waals surface area (Å²) in [5.74, 6) is -0.584. The summed E-state index contributed by atoms with van der Waals surface area (Å²) >= 11 is 9.31. The Balaban J connectivity index is 1.70. The third-order valence-corrected chi connectivity index (χ3v) is 4.94. The summed E-state index contributed by atoms with van der Waals surface area (Å²) in [7, 11) is 1.58. The first kappa shape index (κ1) is 20.1. The van der Waals surface area contributed by atoms with Crippen molar-refractivity contribution < 1.29 is 9.59 Å². The average molecular weight is 462 g/mol. The van der Waals surface area contributed by atoms with E-state index in [1.165, 1.54) is 11.1 Å². The normalized spacial score (nSPS) is 10.6. The number of carbonyl (C=O) groups is 2. The lowest BCUT2D eigenvalue weighted by molar-refractivity contribution is -0.116. The molecule has 0 aliphatic heterocycles. The molecule has 0 radical (unpaired) electrons. The highest BCUT2D eigenvalue weighted by Gasteiger charge is 2.21. The number of halogens is 2. The molecule has 1 heterocycles. The fourth-order valence-electron chi connectivity index (χ4n) is 2.73. The Hall–Kier alpha value is -2.64. The number of H-pyrrole nitrogens is 1. The van der Waals surface area contributed by atoms with Gasteiger partial charge >= 0.3 is 0 Å². The molecule has 6 nitrogen and oxygen atoms in total. The second-order valence-corrected chi connectivity index (χ2v) is 7.69. The van der Waals surface area contributed by atoms with Crippen molar-refractivity contribution in [2.45, 2.75) is 6.92 Å². The minimum atomic E-state index is -0.304. The van der Waals surface area contributed by atoms with E-state index in [2.05, 4.69) is 31.4 Å². The van der Waals surface area contributed by atoms with Crippen LogP contribution in [0.5, 0.6) is 0 Å². The topological polar surface area (TPSA) is 78.1 Å². The number of aromatic nitrogens is 2. The maximum atomic E-state index is 12.8. The van der Waals surface area contributed by atoms with Crippen LogP contribution >= 0.6 is 27.5 Å². The quantitative estimate of drug-likeness (QED) is 0.587. The second kappa shape index (κ2) is 8.58. The van der Waals surface area contributed by atoms with Crippen LogP contribution in [0, 0.1) is 6.92 Å². The number of rotatable bonds is 5. The molecule has 8 heteroatoms. The molecule has 0 saturated carbocycles. The molecule has 0 atom stereocenters. The van der Waals surface area contributed by atoms with Crippen LogP contribution < -0.4 is 5.32 Å². The zero-order chi connectivity index (χ0) is 20.3. The number of aryl methyl sites for hydroxylation is 1. The van der Waals surface area contributed by atoms with Gasteiger partial charge in [-0.15, -0.1) is 0 Å². The number of likely N-dealkylation sites (N-methyl/N-ethyl adjacent to an activating group) is 1. The van der Waals surface area contributed by atoms with E-state index in [9.17, 15) is 9.59 Å². The molecule has 0 bridgehead atoms. The van der Waals surface area contributed by atoms with Gasteiger partial charge in [0, 0.05) is 27.8 Å². The van der Waals surface area contributed by atoms with Gasteiger partial charge in [-0.1, -0.05) is 39.7 Å². The van der Waals surface area contributed by atoms with E-state index in [4.69, 9.17) is 11.6 Å².